The lowest BCUT2D eigenvalue weighted by molar-refractivity contribution is -0.154. The highest BCUT2D eigenvalue weighted by Gasteiger charge is 2.53. The molecule has 3 heterocycles. The maximum Gasteiger partial charge on any atom is 0.309 e. The number of epoxide rings is 1. The average Bonchev–Trinajstić information content (AvgIpc) is 3.23. The molecule has 36 heavy (non-hydrogen) atoms. The van der Waals surface area contributed by atoms with E-state index >= 15 is 0 Å². The molecule has 0 saturated carbocycles. The number of fused-ring (bicyclic) bond motifs is 1. The number of ether oxygens (including phenoxy) is 2. The van der Waals surface area contributed by atoms with Crippen LogP contribution in [0.15, 0.2) is 15.3 Å². The Morgan fingerprint density at radius 2 is 1.94 bits per heavy atom. The number of ketones is 1. The van der Waals surface area contributed by atoms with Crippen molar-refractivity contribution in [3.05, 3.63) is 16.6 Å². The number of nitrogens with zero attached hydrogens (tertiary/aromatic N) is 1. The van der Waals surface area contributed by atoms with E-state index in [-0.39, 0.29) is 29.8 Å². The van der Waals surface area contributed by atoms with E-state index in [2.05, 4.69) is 11.9 Å². The van der Waals surface area contributed by atoms with Gasteiger partial charge in [0.15, 0.2) is 0 Å². The van der Waals surface area contributed by atoms with Crippen LogP contribution in [0, 0.1) is 17.3 Å². The second-order valence-corrected chi connectivity index (χ2v) is 13.1. The van der Waals surface area contributed by atoms with E-state index < -0.39 is 35.6 Å². The summed E-state index contributed by atoms with van der Waals surface area (Å²) < 4.78 is 12.9. The van der Waals surface area contributed by atoms with E-state index in [0.717, 1.165) is 34.9 Å². The molecule has 0 aromatic carbocycles. The predicted octanol–water partition coefficient (Wildman–Crippen LogP) is 4.89. The Kier molecular flexibility index (Phi) is 9.47. The van der Waals surface area contributed by atoms with Gasteiger partial charge in [0.2, 0.25) is 0 Å². The topological polar surface area (TPSA) is 109 Å². The van der Waals surface area contributed by atoms with Gasteiger partial charge in [-0.05, 0) is 50.5 Å². The molecule has 3 unspecified atom stereocenters. The van der Waals surface area contributed by atoms with Crippen LogP contribution in [0.3, 0.4) is 0 Å². The SMILES string of the molecule is CSc1nc(/C=C(\C)[C@@H]2C[C@@H]3O[C@]3(C)CCCC(C)[C@H](O)C(C)C(=O)C(C)(C)C(O)CC(=O)O2)cs1. The van der Waals surface area contributed by atoms with E-state index in [9.17, 15) is 19.8 Å². The van der Waals surface area contributed by atoms with Crippen molar-refractivity contribution in [2.45, 2.75) is 108 Å². The second-order valence-electron chi connectivity index (χ2n) is 11.2. The van der Waals surface area contributed by atoms with Crippen LogP contribution in [0.1, 0.15) is 79.3 Å². The summed E-state index contributed by atoms with van der Waals surface area (Å²) in [5, 5.41) is 23.7. The number of thiazole rings is 1. The second kappa shape index (κ2) is 11.6. The zero-order chi connectivity index (χ0) is 26.8. The van der Waals surface area contributed by atoms with Crippen molar-refractivity contribution in [1.29, 1.82) is 0 Å². The summed E-state index contributed by atoms with van der Waals surface area (Å²) in [6.07, 6.45) is 3.94. The molecule has 7 nitrogen and oxygen atoms in total. The standard InChI is InChI=1S/C27H41NO6S2/c1-15-9-8-10-27(6)21(34-27)12-19(16(2)11-18-14-36-25(28-18)35-7)33-22(30)13-20(29)26(4,5)24(32)17(3)23(15)31/h11,14-15,17,19-21,23,29,31H,8-10,12-13H2,1-7H3/b16-11+/t15?,17?,19-,20?,21-,23-,27+/m0/s1. The Morgan fingerprint density at radius 3 is 2.58 bits per heavy atom. The Bertz CT molecular complexity index is 975. The number of aromatic nitrogens is 1. The van der Waals surface area contributed by atoms with Crippen LogP contribution < -0.4 is 0 Å². The molecule has 2 aliphatic rings. The van der Waals surface area contributed by atoms with E-state index in [1.807, 2.05) is 31.6 Å². The van der Waals surface area contributed by atoms with Gasteiger partial charge in [0.05, 0.1) is 41.4 Å². The van der Waals surface area contributed by atoms with Crippen LogP contribution in [0.2, 0.25) is 0 Å². The summed E-state index contributed by atoms with van der Waals surface area (Å²) >= 11 is 3.15. The van der Waals surface area contributed by atoms with Gasteiger partial charge in [-0.15, -0.1) is 11.3 Å². The monoisotopic (exact) mass is 539 g/mol. The highest BCUT2D eigenvalue weighted by Crippen LogP contribution is 2.45. The Labute approximate surface area is 223 Å². The third kappa shape index (κ3) is 6.78. The molecule has 1 aromatic heterocycles. The number of rotatable bonds is 3. The molecule has 2 N–H and O–H groups in total. The van der Waals surface area contributed by atoms with Crippen LogP contribution in [0.5, 0.6) is 0 Å². The van der Waals surface area contributed by atoms with Gasteiger partial charge < -0.3 is 19.7 Å². The number of cyclic esters (lactones) is 1. The summed E-state index contributed by atoms with van der Waals surface area (Å²) in [6.45, 7) is 10.9. The fourth-order valence-corrected chi connectivity index (χ4v) is 6.28. The molecule has 0 spiro atoms. The first kappa shape index (κ1) is 29.3. The summed E-state index contributed by atoms with van der Waals surface area (Å²) in [5.41, 5.74) is 0.166. The Balaban J connectivity index is 1.85. The van der Waals surface area contributed by atoms with Crippen LogP contribution in [-0.2, 0) is 19.1 Å². The number of hydrogen-bond donors (Lipinski definition) is 2. The minimum Gasteiger partial charge on any atom is -0.458 e. The molecule has 9 heteroatoms. The van der Waals surface area contributed by atoms with Crippen LogP contribution in [0.25, 0.3) is 6.08 Å². The molecule has 0 amide bonds. The molecule has 1 aromatic rings. The summed E-state index contributed by atoms with van der Waals surface area (Å²) in [5.74, 6) is -1.55. The van der Waals surface area contributed by atoms with Crippen molar-refractivity contribution >= 4 is 40.9 Å². The lowest BCUT2D eigenvalue weighted by Crippen LogP contribution is -2.45. The molecule has 0 radical (unpaired) electrons. The number of thioether (sulfide) groups is 1. The van der Waals surface area contributed by atoms with E-state index in [4.69, 9.17) is 9.47 Å². The molecule has 0 aliphatic carbocycles. The van der Waals surface area contributed by atoms with E-state index in [0.29, 0.717) is 6.42 Å². The number of carbonyl (C=O) groups is 2. The molecule has 7 atom stereocenters. The summed E-state index contributed by atoms with van der Waals surface area (Å²) in [7, 11) is 0. The number of Topliss-reactive ketones (excluding diaryl/α,β-unsaturated/α-hetero) is 1. The molecule has 0 bridgehead atoms. The Morgan fingerprint density at radius 1 is 1.25 bits per heavy atom. The number of esters is 1. The van der Waals surface area contributed by atoms with Gasteiger partial charge in [-0.25, -0.2) is 4.98 Å². The lowest BCUT2D eigenvalue weighted by atomic mass is 9.73. The molecular weight excluding hydrogens is 498 g/mol. The van der Waals surface area contributed by atoms with Crippen molar-refractivity contribution in [2.75, 3.05) is 6.26 Å². The number of aliphatic hydroxyl groups excluding tert-OH is 2. The van der Waals surface area contributed by atoms with Gasteiger partial charge in [0.25, 0.3) is 0 Å². The first-order chi connectivity index (χ1) is 16.8. The third-order valence-electron chi connectivity index (χ3n) is 7.97. The normalized spacial score (nSPS) is 36.8. The smallest absolute Gasteiger partial charge is 0.309 e. The zero-order valence-electron chi connectivity index (χ0n) is 22.4. The molecular formula is C27H41NO6S2. The molecule has 3 rings (SSSR count). The van der Waals surface area contributed by atoms with Crippen molar-refractivity contribution in [1.82, 2.24) is 4.98 Å². The average molecular weight is 540 g/mol. The predicted molar refractivity (Wildman–Crippen MR) is 143 cm³/mol. The Hall–Kier alpha value is -1.26. The maximum atomic E-state index is 13.2. The van der Waals surface area contributed by atoms with Crippen molar-refractivity contribution in [3.63, 3.8) is 0 Å². The first-order valence-corrected chi connectivity index (χ1v) is 14.8. The van der Waals surface area contributed by atoms with Gasteiger partial charge in [0, 0.05) is 17.7 Å². The van der Waals surface area contributed by atoms with Crippen molar-refractivity contribution in [3.8, 4) is 0 Å². The highest BCUT2D eigenvalue weighted by molar-refractivity contribution is 8.00. The van der Waals surface area contributed by atoms with Crippen LogP contribution in [0.4, 0.5) is 0 Å². The van der Waals surface area contributed by atoms with Gasteiger partial charge >= 0.3 is 5.97 Å². The zero-order valence-corrected chi connectivity index (χ0v) is 24.1. The van der Waals surface area contributed by atoms with Gasteiger partial charge in [-0.2, -0.15) is 0 Å². The van der Waals surface area contributed by atoms with Crippen molar-refractivity contribution < 1.29 is 29.3 Å². The van der Waals surface area contributed by atoms with Crippen LogP contribution >= 0.6 is 23.1 Å². The van der Waals surface area contributed by atoms with Gasteiger partial charge in [-0.1, -0.05) is 45.9 Å². The largest absolute Gasteiger partial charge is 0.458 e. The lowest BCUT2D eigenvalue weighted by Gasteiger charge is -2.34. The highest BCUT2D eigenvalue weighted by atomic mass is 32.2. The minimum atomic E-state index is -1.23. The molecule has 2 aliphatic heterocycles. The third-order valence-corrected chi connectivity index (χ3v) is 9.85. The number of aliphatic hydroxyl groups is 2. The summed E-state index contributed by atoms with van der Waals surface area (Å²) in [6, 6.07) is 0. The quantitative estimate of drug-likeness (QED) is 0.317. The molecule has 202 valence electrons. The minimum absolute atomic E-state index is 0.0501. The van der Waals surface area contributed by atoms with Gasteiger partial charge in [-0.3, -0.25) is 9.59 Å². The fourth-order valence-electron chi connectivity index (χ4n) is 5.05. The van der Waals surface area contributed by atoms with Crippen molar-refractivity contribution in [2.24, 2.45) is 17.3 Å². The molecule has 2 saturated heterocycles. The fraction of sp³-hybridized carbons (Fsp3) is 0.741. The van der Waals surface area contributed by atoms with E-state index in [1.165, 1.54) is 0 Å². The maximum absolute atomic E-state index is 13.2. The summed E-state index contributed by atoms with van der Waals surface area (Å²) in [4.78, 5) is 30.8. The number of carbonyl (C=O) groups excluding carboxylic acids is 2. The van der Waals surface area contributed by atoms with Crippen LogP contribution in [-0.4, -0.2) is 63.2 Å². The van der Waals surface area contributed by atoms with Gasteiger partial charge in [0.1, 0.15) is 16.2 Å². The number of hydrogen-bond acceptors (Lipinski definition) is 9. The first-order valence-electron chi connectivity index (χ1n) is 12.7. The molecule has 2 fully saturated rings. The van der Waals surface area contributed by atoms with E-state index in [1.54, 1.807) is 43.9 Å².